The molecule has 0 heterocycles. The van der Waals surface area contributed by atoms with Crippen molar-refractivity contribution in [2.24, 2.45) is 0 Å². The lowest BCUT2D eigenvalue weighted by Crippen LogP contribution is -2.37. The minimum Gasteiger partial charge on any atom is -0.457 e. The van der Waals surface area contributed by atoms with Crippen LogP contribution in [0.4, 0.5) is 0 Å². The molecule has 0 amide bonds. The highest BCUT2D eigenvalue weighted by Gasteiger charge is 2.26. The smallest absolute Gasteiger partial charge is 0.457 e. The molecule has 316 valence electrons. The van der Waals surface area contributed by atoms with Crippen LogP contribution >= 0.6 is 7.82 Å². The second-order valence-corrected chi connectivity index (χ2v) is 17.9. The maximum atomic E-state index is 12.7. The summed E-state index contributed by atoms with van der Waals surface area (Å²) in [7, 11) is 1.67. The molecule has 0 rings (SSSR count). The van der Waals surface area contributed by atoms with Crippen LogP contribution in [0.15, 0.2) is 12.2 Å². The van der Waals surface area contributed by atoms with Crippen LogP contribution in [0, 0.1) is 0 Å². The summed E-state index contributed by atoms with van der Waals surface area (Å²) in [5, 5.41) is 0. The largest absolute Gasteiger partial charge is 0.472 e. The predicted molar refractivity (Wildman–Crippen MR) is 224 cm³/mol. The zero-order valence-electron chi connectivity index (χ0n) is 35.8. The standard InChI is InChI=1S/C44H88NO7P/c1-6-8-10-12-14-16-18-20-22-23-24-25-27-29-31-33-35-37-44(46)52-43(42-51-53(47,48)50-40-38-45(3,4)5)41-49-39-36-34-32-30-28-26-21-19-17-15-13-11-9-7-2/h23-24,43H,6-22,25-42H2,1-5H3/p+1/b24-23-/t43-/m1/s1. The Morgan fingerprint density at radius 1 is 0.566 bits per heavy atom. The molecule has 0 aromatic heterocycles. The SMILES string of the molecule is CCCCCCCCCC/C=C\CCCCCCCC(=O)O[C@H](COCCCCCCCCCCCCCCCC)COP(=O)(O)OCC[N+](C)(C)C. The Labute approximate surface area is 329 Å². The first-order valence-corrected chi connectivity index (χ1v) is 23.9. The number of ether oxygens (including phenoxy) is 2. The van der Waals surface area contributed by atoms with Gasteiger partial charge in [-0.2, -0.15) is 0 Å². The summed E-state index contributed by atoms with van der Waals surface area (Å²) in [5.41, 5.74) is 0. The number of rotatable bonds is 42. The van der Waals surface area contributed by atoms with E-state index in [1.807, 2.05) is 21.1 Å². The van der Waals surface area contributed by atoms with Gasteiger partial charge in [0.25, 0.3) is 0 Å². The van der Waals surface area contributed by atoms with Crippen LogP contribution in [0.25, 0.3) is 0 Å². The van der Waals surface area contributed by atoms with Crippen molar-refractivity contribution in [3.8, 4) is 0 Å². The van der Waals surface area contributed by atoms with E-state index in [0.29, 0.717) is 24.1 Å². The number of carbonyl (C=O) groups excluding carboxylic acids is 1. The van der Waals surface area contributed by atoms with Gasteiger partial charge in [0, 0.05) is 13.0 Å². The molecule has 0 fully saturated rings. The Morgan fingerprint density at radius 3 is 1.43 bits per heavy atom. The summed E-state index contributed by atoms with van der Waals surface area (Å²) in [6.45, 7) is 5.65. The normalized spacial score (nSPS) is 13.8. The van der Waals surface area contributed by atoms with E-state index in [1.165, 1.54) is 148 Å². The number of allylic oxidation sites excluding steroid dienone is 2. The molecule has 0 aliphatic heterocycles. The first kappa shape index (κ1) is 52.2. The number of hydrogen-bond donors (Lipinski definition) is 1. The van der Waals surface area contributed by atoms with Crippen molar-refractivity contribution < 1.29 is 37.3 Å². The third kappa shape index (κ3) is 42.2. The number of likely N-dealkylation sites (N-methyl/N-ethyl adjacent to an activating group) is 1. The molecular weight excluding hydrogens is 685 g/mol. The molecule has 2 atom stereocenters. The lowest BCUT2D eigenvalue weighted by molar-refractivity contribution is -0.870. The van der Waals surface area contributed by atoms with E-state index in [1.54, 1.807) is 0 Å². The molecule has 8 nitrogen and oxygen atoms in total. The van der Waals surface area contributed by atoms with E-state index in [4.69, 9.17) is 18.5 Å². The molecular formula is C44H89NO7P+. The Bertz CT molecular complexity index is 863. The van der Waals surface area contributed by atoms with Crippen molar-refractivity contribution in [1.29, 1.82) is 0 Å². The van der Waals surface area contributed by atoms with Crippen LogP contribution in [-0.4, -0.2) is 75.6 Å². The first-order chi connectivity index (χ1) is 25.6. The van der Waals surface area contributed by atoms with E-state index in [9.17, 15) is 14.3 Å². The number of unbranched alkanes of at least 4 members (excludes halogenated alkanes) is 26. The molecule has 0 aliphatic rings. The van der Waals surface area contributed by atoms with Gasteiger partial charge >= 0.3 is 13.8 Å². The minimum absolute atomic E-state index is 0.0902. The lowest BCUT2D eigenvalue weighted by atomic mass is 10.0. The number of phosphoric acid groups is 1. The number of esters is 1. The summed E-state index contributed by atoms with van der Waals surface area (Å²) in [6.07, 6.45) is 40.9. The number of quaternary nitrogens is 1. The number of nitrogens with zero attached hydrogens (tertiary/aromatic N) is 1. The monoisotopic (exact) mass is 775 g/mol. The van der Waals surface area contributed by atoms with Crippen LogP contribution in [0.5, 0.6) is 0 Å². The van der Waals surface area contributed by atoms with E-state index in [0.717, 1.165) is 38.5 Å². The average molecular weight is 775 g/mol. The van der Waals surface area contributed by atoms with Crippen LogP contribution in [0.2, 0.25) is 0 Å². The van der Waals surface area contributed by atoms with Crippen molar-refractivity contribution in [3.05, 3.63) is 12.2 Å². The predicted octanol–water partition coefficient (Wildman–Crippen LogP) is 13.1. The summed E-state index contributed by atoms with van der Waals surface area (Å²) < 4.78 is 35.0. The summed E-state index contributed by atoms with van der Waals surface area (Å²) in [6, 6.07) is 0. The number of carbonyl (C=O) groups is 1. The molecule has 9 heteroatoms. The van der Waals surface area contributed by atoms with Gasteiger partial charge in [-0.1, -0.05) is 174 Å². The van der Waals surface area contributed by atoms with Crippen molar-refractivity contribution >= 4 is 13.8 Å². The highest BCUT2D eigenvalue weighted by atomic mass is 31.2. The van der Waals surface area contributed by atoms with Crippen molar-refractivity contribution in [2.45, 2.75) is 213 Å². The fourth-order valence-corrected chi connectivity index (χ4v) is 7.05. The van der Waals surface area contributed by atoms with E-state index >= 15 is 0 Å². The van der Waals surface area contributed by atoms with Crippen molar-refractivity contribution in [1.82, 2.24) is 0 Å². The van der Waals surface area contributed by atoms with Gasteiger partial charge in [-0.25, -0.2) is 4.57 Å². The van der Waals surface area contributed by atoms with Gasteiger partial charge in [0.05, 0.1) is 34.4 Å². The van der Waals surface area contributed by atoms with Crippen LogP contribution in [0.3, 0.4) is 0 Å². The molecule has 0 spiro atoms. The van der Waals surface area contributed by atoms with Gasteiger partial charge in [0.1, 0.15) is 19.3 Å². The average Bonchev–Trinajstić information content (AvgIpc) is 3.11. The van der Waals surface area contributed by atoms with Gasteiger partial charge in [0.2, 0.25) is 0 Å². The Morgan fingerprint density at radius 2 is 0.981 bits per heavy atom. The van der Waals surface area contributed by atoms with Gasteiger partial charge in [-0.05, 0) is 38.5 Å². The maximum absolute atomic E-state index is 12.7. The van der Waals surface area contributed by atoms with Gasteiger partial charge in [-0.15, -0.1) is 0 Å². The highest BCUT2D eigenvalue weighted by molar-refractivity contribution is 7.47. The maximum Gasteiger partial charge on any atom is 0.472 e. The zero-order chi connectivity index (χ0) is 39.1. The Kier molecular flexibility index (Phi) is 37.6. The number of phosphoric ester groups is 1. The highest BCUT2D eigenvalue weighted by Crippen LogP contribution is 2.43. The summed E-state index contributed by atoms with van der Waals surface area (Å²) in [5.74, 6) is -0.318. The molecule has 0 radical (unpaired) electrons. The quantitative estimate of drug-likeness (QED) is 0.0217. The Balaban J connectivity index is 4.21. The molecule has 0 aromatic carbocycles. The first-order valence-electron chi connectivity index (χ1n) is 22.4. The molecule has 0 aliphatic carbocycles. The second-order valence-electron chi connectivity index (χ2n) is 16.4. The lowest BCUT2D eigenvalue weighted by Gasteiger charge is -2.24. The second kappa shape index (κ2) is 38.1. The fraction of sp³-hybridized carbons (Fsp3) is 0.932. The minimum atomic E-state index is -4.27. The molecule has 53 heavy (non-hydrogen) atoms. The number of hydrogen-bond acceptors (Lipinski definition) is 6. The van der Waals surface area contributed by atoms with E-state index in [2.05, 4.69) is 26.0 Å². The van der Waals surface area contributed by atoms with Crippen molar-refractivity contribution in [2.75, 3.05) is 54.1 Å². The van der Waals surface area contributed by atoms with Crippen LogP contribution in [-0.2, 0) is 27.9 Å². The third-order valence-corrected chi connectivity index (χ3v) is 10.8. The van der Waals surface area contributed by atoms with Gasteiger partial charge in [0.15, 0.2) is 0 Å². The van der Waals surface area contributed by atoms with E-state index < -0.39 is 13.9 Å². The zero-order valence-corrected chi connectivity index (χ0v) is 36.7. The van der Waals surface area contributed by atoms with Crippen LogP contribution < -0.4 is 0 Å². The fourth-order valence-electron chi connectivity index (χ4n) is 6.31. The molecule has 0 saturated heterocycles. The summed E-state index contributed by atoms with van der Waals surface area (Å²) >= 11 is 0. The van der Waals surface area contributed by atoms with Crippen molar-refractivity contribution in [3.63, 3.8) is 0 Å². The topological polar surface area (TPSA) is 91.3 Å². The van der Waals surface area contributed by atoms with Gasteiger partial charge < -0.3 is 18.9 Å². The van der Waals surface area contributed by atoms with Gasteiger partial charge in [-0.3, -0.25) is 13.8 Å². The van der Waals surface area contributed by atoms with E-state index in [-0.39, 0.29) is 25.8 Å². The molecule has 0 aromatic rings. The van der Waals surface area contributed by atoms with Crippen LogP contribution in [0.1, 0.15) is 206 Å². The molecule has 0 bridgehead atoms. The summed E-state index contributed by atoms with van der Waals surface area (Å²) in [4.78, 5) is 22.9. The molecule has 1 N–H and O–H groups in total. The molecule has 0 saturated carbocycles. The molecule has 1 unspecified atom stereocenters. The third-order valence-electron chi connectivity index (χ3n) is 9.83. The Hall–Kier alpha value is -0.760.